The molecule has 0 aliphatic rings. The van der Waals surface area contributed by atoms with Crippen LogP contribution < -0.4 is 5.19 Å². The summed E-state index contributed by atoms with van der Waals surface area (Å²) in [5.74, 6) is 1.22. The summed E-state index contributed by atoms with van der Waals surface area (Å²) in [5, 5.41) is 5.61. The zero-order chi connectivity index (χ0) is 49.5. The molecule has 1 radical (unpaired) electrons. The summed E-state index contributed by atoms with van der Waals surface area (Å²) in [6.45, 7) is 16.1. The zero-order valence-corrected chi connectivity index (χ0v) is 45.6. The first-order valence-electron chi connectivity index (χ1n) is 25.0. The van der Waals surface area contributed by atoms with Gasteiger partial charge in [-0.25, -0.2) is 4.98 Å². The van der Waals surface area contributed by atoms with Gasteiger partial charge in [0.1, 0.15) is 11.1 Å². The Kier molecular flexibility index (Phi) is 13.8. The number of fused-ring (bicyclic) bond motifs is 6. The van der Waals surface area contributed by atoms with Crippen LogP contribution in [-0.4, -0.2) is 27.6 Å². The first kappa shape index (κ1) is 49.1. The van der Waals surface area contributed by atoms with Crippen molar-refractivity contribution in [2.75, 3.05) is 0 Å². The number of hydrogen-bond acceptors (Lipinski definition) is 4. The number of nitrogens with zero attached hydrogens (tertiary/aromatic N) is 4. The van der Waals surface area contributed by atoms with Crippen LogP contribution in [0.5, 0.6) is 0 Å². The molecular weight excluding hydrogens is 1090 g/mol. The molecule has 0 fully saturated rings. The molecule has 73 heavy (non-hydrogen) atoms. The van der Waals surface area contributed by atoms with Crippen LogP contribution in [0.25, 0.3) is 106 Å². The topological polar surface area (TPSA) is 56.7 Å². The van der Waals surface area contributed by atoms with Crippen molar-refractivity contribution >= 4 is 57.1 Å². The summed E-state index contributed by atoms with van der Waals surface area (Å²) in [6, 6.07) is 72.7. The molecule has 0 aliphatic heterocycles. The summed E-state index contributed by atoms with van der Waals surface area (Å²) in [7, 11) is -1.23. The van der Waals surface area contributed by atoms with Crippen LogP contribution in [0.15, 0.2) is 205 Å². The number of pyridine rings is 2. The van der Waals surface area contributed by atoms with Crippen LogP contribution in [0.3, 0.4) is 0 Å². The third-order valence-electron chi connectivity index (χ3n) is 13.7. The predicted molar refractivity (Wildman–Crippen MR) is 304 cm³/mol. The largest absolute Gasteiger partial charge is 0.501 e. The van der Waals surface area contributed by atoms with Crippen molar-refractivity contribution in [3.05, 3.63) is 224 Å². The van der Waals surface area contributed by atoms with E-state index in [2.05, 4.69) is 221 Å². The summed E-state index contributed by atoms with van der Waals surface area (Å²) in [5.41, 5.74) is 16.8. The number of benzene rings is 8. The molecule has 5 nitrogen and oxygen atoms in total. The van der Waals surface area contributed by atoms with E-state index in [4.69, 9.17) is 14.4 Å². The molecule has 0 saturated carbocycles. The smallest absolute Gasteiger partial charge is 0.156 e. The van der Waals surface area contributed by atoms with Gasteiger partial charge in [-0.15, -0.1) is 54.1 Å². The Balaban J connectivity index is 0.000000307. The van der Waals surface area contributed by atoms with Crippen molar-refractivity contribution < 1.29 is 24.5 Å². The van der Waals surface area contributed by atoms with E-state index in [1.54, 1.807) is 0 Å². The second-order valence-corrected chi connectivity index (χ2v) is 25.4. The Labute approximate surface area is 443 Å². The predicted octanol–water partition coefficient (Wildman–Crippen LogP) is 17.3. The molecule has 361 valence electrons. The molecule has 0 spiro atoms. The average molecular weight is 1140 g/mol. The standard InChI is InChI=1S/C52H40N3O.C14H16NSi.Ir/c1-32(2)45-28-40(35-16-9-6-10-17-35)29-46(33(3)4)49(45)55-51(54-48-41-19-12-11-18-39(41)31-53-52(48)55)44-21-13-20-43-42-27-26-38(30-47(42)56-50(43)44)37-24-22-36(23-25-37)34-14-7-5-8-15-34;1-16(2,3)13-9-10-14(15-11-13)12-7-5-4-6-8-12;/h5-20,22-33H,1-4H3;4-7,9-11H,1-3H3;/q2*-1;. The maximum atomic E-state index is 6.89. The maximum absolute atomic E-state index is 6.89. The van der Waals surface area contributed by atoms with Crippen molar-refractivity contribution in [1.29, 1.82) is 0 Å². The first-order chi connectivity index (χ1) is 35.0. The molecule has 0 aliphatic carbocycles. The molecular formula is C66H56IrN4OSi-2. The summed E-state index contributed by atoms with van der Waals surface area (Å²) in [4.78, 5) is 15.2. The number of hydrogen-bond donors (Lipinski definition) is 0. The fraction of sp³-hybridized carbons (Fsp3) is 0.136. The molecule has 0 N–H and O–H groups in total. The SMILES string of the molecule is CC(C)c1cc(-c2ccccc2)cc(C(C)C)c1-n1c(-c2[c-]ccc3c2oc2cc(-c4ccc(-c5ccccc5)cc4)ccc23)nc2c3ccccc3cnc21.C[Si](C)(C)c1ccc(-c2[c-]cccc2)nc1.[Ir]. The molecule has 0 saturated heterocycles. The van der Waals surface area contributed by atoms with E-state index in [1.165, 1.54) is 38.6 Å². The zero-order valence-electron chi connectivity index (χ0n) is 42.2. The molecule has 12 aromatic rings. The second-order valence-electron chi connectivity index (χ2n) is 20.3. The van der Waals surface area contributed by atoms with Gasteiger partial charge in [-0.05, 0) is 85.4 Å². The molecule has 4 heterocycles. The fourth-order valence-electron chi connectivity index (χ4n) is 9.79. The Morgan fingerprint density at radius 3 is 1.77 bits per heavy atom. The fourth-order valence-corrected chi connectivity index (χ4v) is 10.8. The van der Waals surface area contributed by atoms with Gasteiger partial charge in [-0.2, -0.15) is 0 Å². The molecule has 0 bridgehead atoms. The molecule has 0 amide bonds. The maximum Gasteiger partial charge on any atom is 0.156 e. The van der Waals surface area contributed by atoms with E-state index in [1.807, 2.05) is 48.8 Å². The van der Waals surface area contributed by atoms with Crippen LogP contribution in [0.2, 0.25) is 19.6 Å². The molecule has 0 atom stereocenters. The van der Waals surface area contributed by atoms with E-state index in [-0.39, 0.29) is 31.9 Å². The van der Waals surface area contributed by atoms with E-state index in [9.17, 15) is 0 Å². The number of rotatable bonds is 9. The van der Waals surface area contributed by atoms with Crippen molar-refractivity contribution in [1.82, 2.24) is 19.5 Å². The molecule has 8 aromatic carbocycles. The molecule has 7 heteroatoms. The van der Waals surface area contributed by atoms with Crippen LogP contribution in [0.1, 0.15) is 50.7 Å². The third kappa shape index (κ3) is 9.65. The van der Waals surface area contributed by atoms with E-state index in [0.717, 1.165) is 83.3 Å². The van der Waals surface area contributed by atoms with Crippen molar-refractivity contribution in [3.63, 3.8) is 0 Å². The summed E-state index contributed by atoms with van der Waals surface area (Å²) >= 11 is 0. The van der Waals surface area contributed by atoms with E-state index in [0.29, 0.717) is 0 Å². The minimum Gasteiger partial charge on any atom is -0.501 e. The number of furan rings is 1. The Morgan fingerprint density at radius 2 is 1.14 bits per heavy atom. The molecule has 0 unspecified atom stereocenters. The van der Waals surface area contributed by atoms with Crippen LogP contribution in [0.4, 0.5) is 0 Å². The van der Waals surface area contributed by atoms with Crippen molar-refractivity contribution in [3.8, 4) is 61.7 Å². The van der Waals surface area contributed by atoms with Crippen LogP contribution in [-0.2, 0) is 20.1 Å². The average Bonchev–Trinajstić information content (AvgIpc) is 4.00. The van der Waals surface area contributed by atoms with Gasteiger partial charge in [0.25, 0.3) is 0 Å². The van der Waals surface area contributed by atoms with Gasteiger partial charge in [-0.1, -0.05) is 192 Å². The monoisotopic (exact) mass is 1140 g/mol. The van der Waals surface area contributed by atoms with Gasteiger partial charge >= 0.3 is 0 Å². The number of imidazole rings is 1. The normalized spacial score (nSPS) is 11.6. The van der Waals surface area contributed by atoms with E-state index < -0.39 is 8.07 Å². The van der Waals surface area contributed by atoms with Crippen molar-refractivity contribution in [2.24, 2.45) is 0 Å². The van der Waals surface area contributed by atoms with E-state index >= 15 is 0 Å². The first-order valence-corrected chi connectivity index (χ1v) is 28.5. The van der Waals surface area contributed by atoms with Gasteiger partial charge < -0.3 is 14.0 Å². The van der Waals surface area contributed by atoms with Gasteiger partial charge in [0.2, 0.25) is 0 Å². The van der Waals surface area contributed by atoms with Crippen LogP contribution >= 0.6 is 0 Å². The van der Waals surface area contributed by atoms with Gasteiger partial charge in [0.15, 0.2) is 5.65 Å². The Hall–Kier alpha value is -7.54. The second kappa shape index (κ2) is 20.5. The minimum atomic E-state index is -1.23. The van der Waals surface area contributed by atoms with Crippen molar-refractivity contribution in [2.45, 2.75) is 59.2 Å². The molecule has 12 rings (SSSR count). The van der Waals surface area contributed by atoms with Gasteiger partial charge in [0.05, 0.1) is 19.5 Å². The van der Waals surface area contributed by atoms with Gasteiger partial charge in [0, 0.05) is 54.3 Å². The Morgan fingerprint density at radius 1 is 0.521 bits per heavy atom. The minimum absolute atomic E-state index is 0. The quantitative estimate of drug-likeness (QED) is 0.107. The number of aromatic nitrogens is 4. The van der Waals surface area contributed by atoms with Gasteiger partial charge in [-0.3, -0.25) is 4.98 Å². The molecule has 4 aromatic heterocycles. The van der Waals surface area contributed by atoms with Crippen LogP contribution in [0, 0.1) is 12.1 Å². The summed E-state index contributed by atoms with van der Waals surface area (Å²) in [6.07, 6.45) is 3.99. The Bertz CT molecular complexity index is 3850. The summed E-state index contributed by atoms with van der Waals surface area (Å²) < 4.78 is 9.19. The third-order valence-corrected chi connectivity index (χ3v) is 15.8.